The Hall–Kier alpha value is -3.20. The molecule has 162 valence electrons. The Labute approximate surface area is 188 Å². The molecule has 1 saturated heterocycles. The van der Waals surface area contributed by atoms with Gasteiger partial charge in [-0.3, -0.25) is 29.6 Å². The number of amides is 3. The zero-order chi connectivity index (χ0) is 22.5. The Kier molecular flexibility index (Phi) is 7.06. The van der Waals surface area contributed by atoms with Gasteiger partial charge in [0.15, 0.2) is 6.61 Å². The predicted octanol–water partition coefficient (Wildman–Crippen LogP) is 2.74. The lowest BCUT2D eigenvalue weighted by Gasteiger charge is -2.17. The molecule has 2 aromatic carbocycles. The van der Waals surface area contributed by atoms with Gasteiger partial charge in [-0.25, -0.2) is 0 Å². The summed E-state index contributed by atoms with van der Waals surface area (Å²) in [6.45, 7) is 3.34. The zero-order valence-corrected chi connectivity index (χ0v) is 18.7. The monoisotopic (exact) mass is 487 g/mol. The van der Waals surface area contributed by atoms with Crippen LogP contribution in [-0.4, -0.2) is 41.9 Å². The maximum Gasteiger partial charge on any atom is 0.311 e. The van der Waals surface area contributed by atoms with Crippen molar-refractivity contribution in [2.75, 3.05) is 18.5 Å². The Morgan fingerprint density at radius 2 is 1.77 bits per heavy atom. The molecule has 31 heavy (non-hydrogen) atoms. The van der Waals surface area contributed by atoms with Crippen LogP contribution in [-0.2, 0) is 19.1 Å². The van der Waals surface area contributed by atoms with Crippen molar-refractivity contribution < 1.29 is 23.9 Å². The number of rotatable bonds is 6. The summed E-state index contributed by atoms with van der Waals surface area (Å²) in [6, 6.07) is 12.0. The lowest BCUT2D eigenvalue weighted by molar-refractivity contribution is -0.151. The third kappa shape index (κ3) is 5.69. The number of hydrazine groups is 1. The van der Waals surface area contributed by atoms with Crippen LogP contribution in [0.2, 0.25) is 0 Å². The van der Waals surface area contributed by atoms with Crippen molar-refractivity contribution in [3.63, 3.8) is 0 Å². The number of carbonyl (C=O) groups is 4. The summed E-state index contributed by atoms with van der Waals surface area (Å²) in [4.78, 5) is 48.8. The molecule has 3 rings (SSSR count). The van der Waals surface area contributed by atoms with E-state index in [0.29, 0.717) is 11.3 Å². The third-order valence-corrected chi connectivity index (χ3v) is 6.05. The Bertz CT molecular complexity index is 1000. The largest absolute Gasteiger partial charge is 0.455 e. The van der Waals surface area contributed by atoms with Gasteiger partial charge < -0.3 is 10.1 Å². The van der Waals surface area contributed by atoms with Crippen LogP contribution in [0.1, 0.15) is 27.9 Å². The third-order valence-electron chi connectivity index (χ3n) is 4.80. The number of benzene rings is 2. The molecule has 0 radical (unpaired) electrons. The molecule has 0 aromatic heterocycles. The van der Waals surface area contributed by atoms with Crippen LogP contribution in [0.15, 0.2) is 46.9 Å². The van der Waals surface area contributed by atoms with Crippen molar-refractivity contribution in [1.29, 1.82) is 0 Å². The molecule has 0 aliphatic carbocycles. The molecule has 1 atom stereocenters. The second-order valence-electron chi connectivity index (χ2n) is 7.29. The summed E-state index contributed by atoms with van der Waals surface area (Å²) in [5.41, 5.74) is 5.43. The number of esters is 1. The van der Waals surface area contributed by atoms with Gasteiger partial charge in [0.1, 0.15) is 0 Å². The SMILES string of the molecule is Cc1cc(NC(=O)COC(=O)[C@@H]2CC(=O)N(NC(=O)c3ccccc3)C2)cc(C)c1Br. The van der Waals surface area contributed by atoms with Gasteiger partial charge in [-0.05, 0) is 49.2 Å². The topological polar surface area (TPSA) is 105 Å². The number of anilines is 1. The van der Waals surface area contributed by atoms with Crippen molar-refractivity contribution in [3.05, 3.63) is 63.6 Å². The molecule has 2 aromatic rings. The van der Waals surface area contributed by atoms with Gasteiger partial charge >= 0.3 is 5.97 Å². The lowest BCUT2D eigenvalue weighted by atomic mass is 10.1. The summed E-state index contributed by atoms with van der Waals surface area (Å²) in [7, 11) is 0. The molecule has 8 nitrogen and oxygen atoms in total. The number of hydrogen-bond acceptors (Lipinski definition) is 5. The second kappa shape index (κ2) is 9.74. The second-order valence-corrected chi connectivity index (χ2v) is 8.09. The molecular weight excluding hydrogens is 466 g/mol. The smallest absolute Gasteiger partial charge is 0.311 e. The number of nitrogens with one attached hydrogen (secondary N) is 2. The van der Waals surface area contributed by atoms with Gasteiger partial charge in [0.05, 0.1) is 12.5 Å². The first-order valence-electron chi connectivity index (χ1n) is 9.64. The van der Waals surface area contributed by atoms with Crippen molar-refractivity contribution in [1.82, 2.24) is 10.4 Å². The van der Waals surface area contributed by atoms with Crippen LogP contribution in [0.25, 0.3) is 0 Å². The van der Waals surface area contributed by atoms with Crippen LogP contribution in [0.5, 0.6) is 0 Å². The Morgan fingerprint density at radius 1 is 1.13 bits per heavy atom. The summed E-state index contributed by atoms with van der Waals surface area (Å²) in [6.07, 6.45) is -0.0966. The minimum absolute atomic E-state index is 0.0110. The maximum absolute atomic E-state index is 12.3. The molecule has 2 N–H and O–H groups in total. The average molecular weight is 488 g/mol. The minimum Gasteiger partial charge on any atom is -0.455 e. The first-order chi connectivity index (χ1) is 14.7. The molecule has 1 heterocycles. The minimum atomic E-state index is -0.756. The molecule has 0 saturated carbocycles. The lowest BCUT2D eigenvalue weighted by Crippen LogP contribution is -2.43. The highest BCUT2D eigenvalue weighted by molar-refractivity contribution is 9.10. The van der Waals surface area contributed by atoms with Crippen LogP contribution >= 0.6 is 15.9 Å². The van der Waals surface area contributed by atoms with Crippen LogP contribution < -0.4 is 10.7 Å². The summed E-state index contributed by atoms with van der Waals surface area (Å²) in [5, 5.41) is 3.79. The molecule has 1 aliphatic rings. The van der Waals surface area contributed by atoms with Crippen LogP contribution in [0.3, 0.4) is 0 Å². The van der Waals surface area contributed by atoms with E-state index in [1.54, 1.807) is 42.5 Å². The number of carbonyl (C=O) groups excluding carboxylic acids is 4. The molecule has 3 amide bonds. The normalized spacial score (nSPS) is 15.5. The summed E-state index contributed by atoms with van der Waals surface area (Å²) >= 11 is 3.46. The van der Waals surface area contributed by atoms with Crippen molar-refractivity contribution in [2.45, 2.75) is 20.3 Å². The van der Waals surface area contributed by atoms with Crippen molar-refractivity contribution >= 4 is 45.3 Å². The van der Waals surface area contributed by atoms with Crippen molar-refractivity contribution in [3.8, 4) is 0 Å². The maximum atomic E-state index is 12.3. The standard InChI is InChI=1S/C22H22BrN3O5/c1-13-8-17(9-14(2)20(13)23)24-18(27)12-31-22(30)16-10-19(28)26(11-16)25-21(29)15-6-4-3-5-7-15/h3-9,16H,10-12H2,1-2H3,(H,24,27)(H,25,29)/t16-/m1/s1. The number of nitrogens with zero attached hydrogens (tertiary/aromatic N) is 1. The van der Waals surface area contributed by atoms with E-state index >= 15 is 0 Å². The van der Waals surface area contributed by atoms with Crippen molar-refractivity contribution in [2.24, 2.45) is 5.92 Å². The predicted molar refractivity (Wildman–Crippen MR) is 117 cm³/mol. The highest BCUT2D eigenvalue weighted by Gasteiger charge is 2.36. The van der Waals surface area contributed by atoms with Gasteiger partial charge in [0.25, 0.3) is 11.8 Å². The quantitative estimate of drug-likeness (QED) is 0.609. The van der Waals surface area contributed by atoms with Gasteiger partial charge in [-0.15, -0.1) is 0 Å². The van der Waals surface area contributed by atoms with Gasteiger partial charge in [-0.2, -0.15) is 0 Å². The number of aryl methyl sites for hydroxylation is 2. The highest BCUT2D eigenvalue weighted by atomic mass is 79.9. The van der Waals surface area contributed by atoms with Gasteiger partial charge in [0, 0.05) is 22.1 Å². The number of halogens is 1. The van der Waals surface area contributed by atoms with Crippen LogP contribution in [0, 0.1) is 19.8 Å². The van der Waals surface area contributed by atoms with E-state index in [4.69, 9.17) is 4.74 Å². The summed E-state index contributed by atoms with van der Waals surface area (Å²) in [5.74, 6) is -2.73. The van der Waals surface area contributed by atoms with E-state index in [2.05, 4.69) is 26.7 Å². The molecular formula is C22H22BrN3O5. The van der Waals surface area contributed by atoms with Gasteiger partial charge in [-0.1, -0.05) is 34.1 Å². The fourth-order valence-corrected chi connectivity index (χ4v) is 3.45. The summed E-state index contributed by atoms with van der Waals surface area (Å²) < 4.78 is 6.04. The molecule has 0 unspecified atom stereocenters. The fourth-order valence-electron chi connectivity index (χ4n) is 3.22. The van der Waals surface area contributed by atoms with E-state index in [-0.39, 0.29) is 13.0 Å². The van der Waals surface area contributed by atoms with Gasteiger partial charge in [0.2, 0.25) is 5.91 Å². The van der Waals surface area contributed by atoms with E-state index in [0.717, 1.165) is 20.6 Å². The molecule has 1 aliphatic heterocycles. The Morgan fingerprint density at radius 3 is 2.42 bits per heavy atom. The molecule has 0 spiro atoms. The van der Waals surface area contributed by atoms with E-state index in [1.807, 2.05) is 13.8 Å². The number of hydrogen-bond donors (Lipinski definition) is 2. The average Bonchev–Trinajstić information content (AvgIpc) is 3.11. The number of ether oxygens (including phenoxy) is 1. The fraction of sp³-hybridized carbons (Fsp3) is 0.273. The zero-order valence-electron chi connectivity index (χ0n) is 17.1. The Balaban J connectivity index is 1.49. The van der Waals surface area contributed by atoms with Crippen LogP contribution in [0.4, 0.5) is 5.69 Å². The first kappa shape index (κ1) is 22.5. The molecule has 0 bridgehead atoms. The first-order valence-corrected chi connectivity index (χ1v) is 10.4. The highest BCUT2D eigenvalue weighted by Crippen LogP contribution is 2.25. The van der Waals surface area contributed by atoms with E-state index in [9.17, 15) is 19.2 Å². The van der Waals surface area contributed by atoms with E-state index < -0.39 is 36.2 Å². The van der Waals surface area contributed by atoms with E-state index in [1.165, 1.54) is 0 Å². The molecule has 9 heteroatoms. The molecule has 1 fully saturated rings.